The number of ether oxygens (including phenoxy) is 1. The Morgan fingerprint density at radius 3 is 2.56 bits per heavy atom. The molecule has 0 saturated carbocycles. The molecule has 0 spiro atoms. The molecule has 0 fully saturated rings. The Morgan fingerprint density at radius 2 is 1.96 bits per heavy atom. The maximum atomic E-state index is 12.3. The van der Waals surface area contributed by atoms with Gasteiger partial charge in [0.25, 0.3) is 11.8 Å². The van der Waals surface area contributed by atoms with Gasteiger partial charge in [0.05, 0.1) is 10.6 Å². The van der Waals surface area contributed by atoms with Crippen molar-refractivity contribution < 1.29 is 23.9 Å². The Hall–Kier alpha value is -2.26. The highest BCUT2D eigenvalue weighted by molar-refractivity contribution is 7.98. The molecule has 0 aromatic heterocycles. The number of amides is 4. The van der Waals surface area contributed by atoms with Gasteiger partial charge in [0.15, 0.2) is 6.61 Å². The van der Waals surface area contributed by atoms with Gasteiger partial charge in [-0.05, 0) is 30.6 Å². The number of imide groups is 1. The van der Waals surface area contributed by atoms with Gasteiger partial charge in [0, 0.05) is 0 Å². The number of esters is 1. The lowest BCUT2D eigenvalue weighted by Gasteiger charge is -2.17. The zero-order valence-electron chi connectivity index (χ0n) is 13.4. The maximum Gasteiger partial charge on any atom is 0.329 e. The molecule has 0 bridgehead atoms. The van der Waals surface area contributed by atoms with Crippen LogP contribution in [0.3, 0.4) is 0 Å². The van der Waals surface area contributed by atoms with Gasteiger partial charge in [-0.15, -0.1) is 0 Å². The standard InChI is InChI=1S/C15H18ClN3O5S/c1-25-7-6-11(14(22)24-8-12(20)19-15(17)23)18-13(21)9-4-2-3-5-10(9)16/h2-5,11H,6-8H2,1H3,(H,18,21)(H3,17,19,20,23). The third-order valence-electron chi connectivity index (χ3n) is 2.93. The third-order valence-corrected chi connectivity index (χ3v) is 3.90. The van der Waals surface area contributed by atoms with Crippen LogP contribution in [-0.2, 0) is 14.3 Å². The van der Waals surface area contributed by atoms with E-state index in [9.17, 15) is 19.2 Å². The highest BCUT2D eigenvalue weighted by Crippen LogP contribution is 2.15. The van der Waals surface area contributed by atoms with E-state index in [0.29, 0.717) is 12.2 Å². The van der Waals surface area contributed by atoms with Crippen molar-refractivity contribution in [1.82, 2.24) is 10.6 Å². The predicted octanol–water partition coefficient (Wildman–Crippen LogP) is 0.930. The van der Waals surface area contributed by atoms with Crippen LogP contribution in [0.15, 0.2) is 24.3 Å². The van der Waals surface area contributed by atoms with Crippen molar-refractivity contribution in [1.29, 1.82) is 0 Å². The van der Waals surface area contributed by atoms with Crippen LogP contribution in [0.5, 0.6) is 0 Å². The van der Waals surface area contributed by atoms with Crippen molar-refractivity contribution >= 4 is 47.2 Å². The van der Waals surface area contributed by atoms with Crippen LogP contribution in [0.25, 0.3) is 0 Å². The topological polar surface area (TPSA) is 128 Å². The average Bonchev–Trinajstić information content (AvgIpc) is 2.56. The number of thioether (sulfide) groups is 1. The molecule has 4 N–H and O–H groups in total. The summed E-state index contributed by atoms with van der Waals surface area (Å²) in [5, 5.41) is 4.55. The summed E-state index contributed by atoms with van der Waals surface area (Å²) < 4.78 is 4.82. The highest BCUT2D eigenvalue weighted by atomic mass is 35.5. The Labute approximate surface area is 153 Å². The number of nitrogens with two attached hydrogens (primary N) is 1. The lowest BCUT2D eigenvalue weighted by molar-refractivity contribution is -0.150. The fraction of sp³-hybridized carbons (Fsp3) is 0.333. The van der Waals surface area contributed by atoms with Crippen molar-refractivity contribution in [3.63, 3.8) is 0 Å². The molecule has 0 saturated heterocycles. The number of carbonyl (C=O) groups excluding carboxylic acids is 4. The summed E-state index contributed by atoms with van der Waals surface area (Å²) in [7, 11) is 0. The van der Waals surface area contributed by atoms with Gasteiger partial charge < -0.3 is 15.8 Å². The quantitative estimate of drug-likeness (QED) is 0.569. The normalized spacial score (nSPS) is 11.3. The minimum Gasteiger partial charge on any atom is -0.454 e. The number of primary amides is 1. The second-order valence-electron chi connectivity index (χ2n) is 4.81. The van der Waals surface area contributed by atoms with Crippen LogP contribution in [-0.4, -0.2) is 48.5 Å². The number of urea groups is 1. The SMILES string of the molecule is CSCCC(NC(=O)c1ccccc1Cl)C(=O)OCC(=O)NC(N)=O. The molecule has 25 heavy (non-hydrogen) atoms. The predicted molar refractivity (Wildman–Crippen MR) is 94.4 cm³/mol. The first-order valence-corrected chi connectivity index (χ1v) is 8.92. The van der Waals surface area contributed by atoms with Gasteiger partial charge in [-0.3, -0.25) is 14.9 Å². The van der Waals surface area contributed by atoms with Gasteiger partial charge in [-0.25, -0.2) is 9.59 Å². The number of hydrogen-bond acceptors (Lipinski definition) is 6. The summed E-state index contributed by atoms with van der Waals surface area (Å²) in [4.78, 5) is 46.2. The van der Waals surface area contributed by atoms with E-state index in [1.54, 1.807) is 23.5 Å². The van der Waals surface area contributed by atoms with Crippen molar-refractivity contribution in [3.05, 3.63) is 34.9 Å². The average molecular weight is 388 g/mol. The van der Waals surface area contributed by atoms with E-state index in [-0.39, 0.29) is 10.6 Å². The Balaban J connectivity index is 2.71. The first-order chi connectivity index (χ1) is 11.8. The number of nitrogens with one attached hydrogen (secondary N) is 2. The molecular weight excluding hydrogens is 370 g/mol. The first-order valence-electron chi connectivity index (χ1n) is 7.15. The van der Waals surface area contributed by atoms with Gasteiger partial charge in [-0.2, -0.15) is 11.8 Å². The van der Waals surface area contributed by atoms with Crippen molar-refractivity contribution in [2.24, 2.45) is 5.73 Å². The Morgan fingerprint density at radius 1 is 1.28 bits per heavy atom. The lowest BCUT2D eigenvalue weighted by Crippen LogP contribution is -2.44. The van der Waals surface area contributed by atoms with Gasteiger partial charge in [0.2, 0.25) is 0 Å². The van der Waals surface area contributed by atoms with Crippen LogP contribution in [0, 0.1) is 0 Å². The summed E-state index contributed by atoms with van der Waals surface area (Å²) in [6.45, 7) is -0.681. The van der Waals surface area contributed by atoms with E-state index in [2.05, 4.69) is 5.32 Å². The monoisotopic (exact) mass is 387 g/mol. The summed E-state index contributed by atoms with van der Waals surface area (Å²) in [5.41, 5.74) is 5.01. The molecule has 10 heteroatoms. The Bertz CT molecular complexity index is 656. The van der Waals surface area contributed by atoms with Crippen LogP contribution in [0.2, 0.25) is 5.02 Å². The van der Waals surface area contributed by atoms with Gasteiger partial charge >= 0.3 is 12.0 Å². The number of halogens is 1. The second kappa shape index (κ2) is 10.6. The summed E-state index contributed by atoms with van der Waals surface area (Å²) in [6.07, 6.45) is 2.15. The van der Waals surface area contributed by atoms with Crippen LogP contribution in [0.1, 0.15) is 16.8 Å². The van der Waals surface area contributed by atoms with E-state index in [1.165, 1.54) is 17.8 Å². The molecule has 1 aromatic carbocycles. The molecular formula is C15H18ClN3O5S. The van der Waals surface area contributed by atoms with Crippen molar-refractivity contribution in [2.45, 2.75) is 12.5 Å². The van der Waals surface area contributed by atoms with Crippen LogP contribution < -0.4 is 16.4 Å². The molecule has 136 valence electrons. The van der Waals surface area contributed by atoms with Gasteiger partial charge in [-0.1, -0.05) is 23.7 Å². The molecule has 0 radical (unpaired) electrons. The maximum absolute atomic E-state index is 12.3. The minimum atomic E-state index is -1.05. The fourth-order valence-corrected chi connectivity index (χ4v) is 2.47. The molecule has 0 aliphatic carbocycles. The molecule has 1 unspecified atom stereocenters. The lowest BCUT2D eigenvalue weighted by atomic mass is 10.1. The summed E-state index contributed by atoms with van der Waals surface area (Å²) in [6, 6.07) is 4.39. The Kier molecular flexibility index (Phi) is 8.79. The largest absolute Gasteiger partial charge is 0.454 e. The summed E-state index contributed by atoms with van der Waals surface area (Å²) in [5.74, 6) is -1.61. The molecule has 1 rings (SSSR count). The molecule has 1 atom stereocenters. The smallest absolute Gasteiger partial charge is 0.329 e. The molecule has 4 amide bonds. The number of benzene rings is 1. The van der Waals surface area contributed by atoms with E-state index in [1.807, 2.05) is 6.26 Å². The zero-order valence-corrected chi connectivity index (χ0v) is 15.0. The fourth-order valence-electron chi connectivity index (χ4n) is 1.78. The van der Waals surface area contributed by atoms with E-state index in [0.717, 1.165) is 0 Å². The van der Waals surface area contributed by atoms with Crippen molar-refractivity contribution in [3.8, 4) is 0 Å². The summed E-state index contributed by atoms with van der Waals surface area (Å²) >= 11 is 7.44. The minimum absolute atomic E-state index is 0.220. The molecule has 1 aromatic rings. The van der Waals surface area contributed by atoms with Crippen molar-refractivity contribution in [2.75, 3.05) is 18.6 Å². The van der Waals surface area contributed by atoms with E-state index >= 15 is 0 Å². The third kappa shape index (κ3) is 7.44. The zero-order chi connectivity index (χ0) is 18.8. The van der Waals surface area contributed by atoms with Crippen LogP contribution >= 0.6 is 23.4 Å². The van der Waals surface area contributed by atoms with E-state index in [4.69, 9.17) is 22.1 Å². The first kappa shape index (κ1) is 20.8. The molecule has 0 aliphatic rings. The molecule has 8 nitrogen and oxygen atoms in total. The number of rotatable bonds is 8. The second-order valence-corrected chi connectivity index (χ2v) is 6.20. The number of hydrogen-bond donors (Lipinski definition) is 3. The highest BCUT2D eigenvalue weighted by Gasteiger charge is 2.24. The number of carbonyl (C=O) groups is 4. The van der Waals surface area contributed by atoms with Gasteiger partial charge in [0.1, 0.15) is 6.04 Å². The van der Waals surface area contributed by atoms with E-state index < -0.39 is 36.5 Å². The molecule has 0 heterocycles. The molecule has 0 aliphatic heterocycles. The van der Waals surface area contributed by atoms with Crippen LogP contribution in [0.4, 0.5) is 4.79 Å².